The summed E-state index contributed by atoms with van der Waals surface area (Å²) in [5.74, 6) is -13.0. The summed E-state index contributed by atoms with van der Waals surface area (Å²) in [5.41, 5.74) is 0.315. The third kappa shape index (κ3) is 4.72. The predicted octanol–water partition coefficient (Wildman–Crippen LogP) is 4.16. The van der Waals surface area contributed by atoms with E-state index in [4.69, 9.17) is 0 Å². The lowest BCUT2D eigenvalue weighted by Crippen LogP contribution is -2.27. The number of sulfonamides is 1. The number of nitrogens with one attached hydrogen (secondary N) is 2. The smallest absolute Gasteiger partial charge is 0.268 e. The zero-order valence-corrected chi connectivity index (χ0v) is 16.9. The van der Waals surface area contributed by atoms with Crippen molar-refractivity contribution in [3.63, 3.8) is 0 Å². The van der Waals surface area contributed by atoms with Gasteiger partial charge in [-0.3, -0.25) is 9.52 Å². The number of amides is 1. The third-order valence-electron chi connectivity index (χ3n) is 4.40. The first-order valence-corrected chi connectivity index (χ1v) is 10.6. The molecule has 0 saturated heterocycles. The summed E-state index contributed by atoms with van der Waals surface area (Å²) >= 11 is 0. The van der Waals surface area contributed by atoms with E-state index in [0.29, 0.717) is 6.42 Å². The Morgan fingerprint density at radius 3 is 1.91 bits per heavy atom. The highest BCUT2D eigenvalue weighted by molar-refractivity contribution is 7.92. The van der Waals surface area contributed by atoms with E-state index in [9.17, 15) is 35.2 Å². The Morgan fingerprint density at radius 1 is 0.750 bits per heavy atom. The Morgan fingerprint density at radius 2 is 1.28 bits per heavy atom. The molecule has 0 heterocycles. The van der Waals surface area contributed by atoms with Crippen molar-refractivity contribution in [3.05, 3.63) is 94.8 Å². The van der Waals surface area contributed by atoms with Gasteiger partial charge in [-0.2, -0.15) is 0 Å². The van der Waals surface area contributed by atoms with Crippen LogP contribution in [0.4, 0.5) is 27.6 Å². The van der Waals surface area contributed by atoms with Crippen molar-refractivity contribution in [2.24, 2.45) is 0 Å². The molecule has 0 saturated carbocycles. The second-order valence-corrected chi connectivity index (χ2v) is 8.16. The van der Waals surface area contributed by atoms with Crippen LogP contribution in [0.5, 0.6) is 0 Å². The summed E-state index contributed by atoms with van der Waals surface area (Å²) in [5, 5.41) is 2.57. The van der Waals surface area contributed by atoms with E-state index in [2.05, 4.69) is 5.32 Å². The van der Waals surface area contributed by atoms with Crippen LogP contribution in [0, 0.1) is 29.1 Å². The molecule has 0 aliphatic heterocycles. The number of para-hydroxylation sites is 1. The summed E-state index contributed by atoms with van der Waals surface area (Å²) in [7, 11) is -5.28. The first-order chi connectivity index (χ1) is 15.1. The van der Waals surface area contributed by atoms with Gasteiger partial charge >= 0.3 is 0 Å². The molecule has 0 unspecified atom stereocenters. The number of halogens is 5. The van der Waals surface area contributed by atoms with Crippen LogP contribution in [-0.4, -0.2) is 20.9 Å². The molecule has 0 atom stereocenters. The minimum Gasteiger partial charge on any atom is -0.352 e. The molecule has 0 aliphatic carbocycles. The van der Waals surface area contributed by atoms with Gasteiger partial charge in [-0.15, -0.1) is 0 Å². The van der Waals surface area contributed by atoms with Crippen LogP contribution >= 0.6 is 0 Å². The van der Waals surface area contributed by atoms with Crippen LogP contribution < -0.4 is 10.0 Å². The lowest BCUT2D eigenvalue weighted by atomic mass is 10.1. The fourth-order valence-corrected chi connectivity index (χ4v) is 4.07. The van der Waals surface area contributed by atoms with E-state index in [1.165, 1.54) is 18.2 Å². The molecule has 3 aromatic carbocycles. The minimum atomic E-state index is -5.28. The third-order valence-corrected chi connectivity index (χ3v) is 5.78. The molecule has 168 valence electrons. The Bertz CT molecular complexity index is 1240. The average Bonchev–Trinajstić information content (AvgIpc) is 2.77. The highest BCUT2D eigenvalue weighted by atomic mass is 32.2. The van der Waals surface area contributed by atoms with E-state index in [1.807, 2.05) is 30.3 Å². The first kappa shape index (κ1) is 23.2. The molecule has 32 heavy (non-hydrogen) atoms. The van der Waals surface area contributed by atoms with Crippen LogP contribution in [0.1, 0.15) is 15.9 Å². The molecule has 3 aromatic rings. The highest BCUT2D eigenvalue weighted by Gasteiger charge is 2.34. The zero-order chi connectivity index (χ0) is 23.5. The maximum absolute atomic E-state index is 14.0. The molecule has 5 nitrogen and oxygen atoms in total. The lowest BCUT2D eigenvalue weighted by molar-refractivity contribution is 0.0955. The number of carbonyl (C=O) groups excluding carboxylic acids is 1. The van der Waals surface area contributed by atoms with Gasteiger partial charge in [-0.05, 0) is 24.1 Å². The number of rotatable bonds is 7. The van der Waals surface area contributed by atoms with Crippen molar-refractivity contribution in [3.8, 4) is 0 Å². The fourth-order valence-electron chi connectivity index (χ4n) is 2.85. The van der Waals surface area contributed by atoms with Gasteiger partial charge in [0.2, 0.25) is 5.82 Å². The maximum atomic E-state index is 14.0. The topological polar surface area (TPSA) is 75.3 Å². The quantitative estimate of drug-likeness (QED) is 0.310. The van der Waals surface area contributed by atoms with Gasteiger partial charge in [0.15, 0.2) is 28.2 Å². The van der Waals surface area contributed by atoms with Crippen LogP contribution in [0.25, 0.3) is 0 Å². The summed E-state index contributed by atoms with van der Waals surface area (Å²) in [6, 6.07) is 14.2. The van der Waals surface area contributed by atoms with Gasteiger partial charge in [0.1, 0.15) is 0 Å². The van der Waals surface area contributed by atoms with Gasteiger partial charge in [-0.1, -0.05) is 42.5 Å². The van der Waals surface area contributed by atoms with Crippen LogP contribution in [-0.2, 0) is 16.4 Å². The van der Waals surface area contributed by atoms with Crippen molar-refractivity contribution in [1.82, 2.24) is 5.32 Å². The number of hydrogen-bond acceptors (Lipinski definition) is 3. The van der Waals surface area contributed by atoms with Crippen LogP contribution in [0.2, 0.25) is 0 Å². The second-order valence-electron chi connectivity index (χ2n) is 6.54. The van der Waals surface area contributed by atoms with Crippen molar-refractivity contribution >= 4 is 21.6 Å². The second kappa shape index (κ2) is 9.35. The van der Waals surface area contributed by atoms with Gasteiger partial charge in [0.25, 0.3) is 15.9 Å². The molecular weight excluding hydrogens is 455 g/mol. The van der Waals surface area contributed by atoms with Gasteiger partial charge < -0.3 is 5.32 Å². The van der Waals surface area contributed by atoms with Crippen molar-refractivity contribution < 1.29 is 35.2 Å². The van der Waals surface area contributed by atoms with Gasteiger partial charge in [0.05, 0.1) is 11.3 Å². The standard InChI is InChI=1S/C21H15F5N2O3S/c22-15-16(23)18(25)20(19(26)17(15)24)32(30,31)28-14-9-5-4-8-13(14)21(29)27-11-10-12-6-2-1-3-7-12/h1-9,28H,10-11H2,(H,27,29). The number of anilines is 1. The first-order valence-electron chi connectivity index (χ1n) is 9.09. The molecule has 3 rings (SSSR count). The Balaban J connectivity index is 1.85. The predicted molar refractivity (Wildman–Crippen MR) is 106 cm³/mol. The monoisotopic (exact) mass is 470 g/mol. The van der Waals surface area contributed by atoms with Crippen molar-refractivity contribution in [2.75, 3.05) is 11.3 Å². The number of hydrogen-bond donors (Lipinski definition) is 2. The van der Waals surface area contributed by atoms with E-state index in [0.717, 1.165) is 11.6 Å². The lowest BCUT2D eigenvalue weighted by Gasteiger charge is -2.14. The summed E-state index contributed by atoms with van der Waals surface area (Å²) in [6.45, 7) is 0.196. The molecule has 0 aliphatic rings. The average molecular weight is 470 g/mol. The minimum absolute atomic E-state index is 0.196. The highest BCUT2D eigenvalue weighted by Crippen LogP contribution is 2.29. The van der Waals surface area contributed by atoms with E-state index < -0.39 is 55.6 Å². The molecule has 11 heteroatoms. The summed E-state index contributed by atoms with van der Waals surface area (Å²) in [6.07, 6.45) is 0.477. The SMILES string of the molecule is O=C(NCCc1ccccc1)c1ccccc1NS(=O)(=O)c1c(F)c(F)c(F)c(F)c1F. The fraction of sp³-hybridized carbons (Fsp3) is 0.0952. The Kier molecular flexibility index (Phi) is 6.78. The van der Waals surface area contributed by atoms with Crippen LogP contribution in [0.3, 0.4) is 0 Å². The number of benzene rings is 3. The molecule has 0 fully saturated rings. The Hall–Kier alpha value is -3.47. The van der Waals surface area contributed by atoms with Crippen LogP contribution in [0.15, 0.2) is 59.5 Å². The number of carbonyl (C=O) groups is 1. The van der Waals surface area contributed by atoms with Crippen molar-refractivity contribution in [2.45, 2.75) is 11.3 Å². The molecule has 0 aromatic heterocycles. The molecular formula is C21H15F5N2O3S. The summed E-state index contributed by atoms with van der Waals surface area (Å²) in [4.78, 5) is 10.5. The molecule has 0 bridgehead atoms. The largest absolute Gasteiger partial charge is 0.352 e. The Labute approximate surface area is 179 Å². The van der Waals surface area contributed by atoms with E-state index in [-0.39, 0.29) is 12.1 Å². The molecule has 2 N–H and O–H groups in total. The van der Waals surface area contributed by atoms with E-state index >= 15 is 0 Å². The van der Waals surface area contributed by atoms with Gasteiger partial charge in [-0.25, -0.2) is 30.4 Å². The normalized spacial score (nSPS) is 11.3. The van der Waals surface area contributed by atoms with Gasteiger partial charge in [0, 0.05) is 6.54 Å². The molecule has 0 spiro atoms. The van der Waals surface area contributed by atoms with Crippen molar-refractivity contribution in [1.29, 1.82) is 0 Å². The molecule has 1 amide bonds. The molecule has 0 radical (unpaired) electrons. The summed E-state index contributed by atoms with van der Waals surface area (Å²) < 4.78 is 94.7. The van der Waals surface area contributed by atoms with E-state index in [1.54, 1.807) is 4.72 Å². The zero-order valence-electron chi connectivity index (χ0n) is 16.1. The maximum Gasteiger partial charge on any atom is 0.268 e.